The highest BCUT2D eigenvalue weighted by molar-refractivity contribution is 6.33. The molecule has 0 aliphatic rings. The Kier molecular flexibility index (Phi) is 3.06. The standard InChI is InChI=1S/C14H14ClN5/c1-8-17-12-5-4-11(19-13(12)18-8)9-6-10(15)14(16-7-9)20(2)3/h4-7H,1-3H3,(H,17,18,19). The fraction of sp³-hybridized carbons (Fsp3) is 0.214. The van der Waals surface area contributed by atoms with Crippen molar-refractivity contribution < 1.29 is 0 Å². The van der Waals surface area contributed by atoms with Gasteiger partial charge >= 0.3 is 0 Å². The van der Waals surface area contributed by atoms with Gasteiger partial charge in [-0.25, -0.2) is 15.0 Å². The molecule has 0 aliphatic carbocycles. The quantitative estimate of drug-likeness (QED) is 0.787. The molecule has 102 valence electrons. The summed E-state index contributed by atoms with van der Waals surface area (Å²) in [7, 11) is 3.81. The van der Waals surface area contributed by atoms with E-state index in [9.17, 15) is 0 Å². The first-order valence-corrected chi connectivity index (χ1v) is 6.59. The molecule has 3 rings (SSSR count). The van der Waals surface area contributed by atoms with Crippen LogP contribution in [0.15, 0.2) is 24.4 Å². The second-order valence-corrected chi connectivity index (χ2v) is 5.22. The minimum absolute atomic E-state index is 0.604. The Balaban J connectivity index is 2.08. The van der Waals surface area contributed by atoms with Gasteiger partial charge in [0, 0.05) is 25.9 Å². The van der Waals surface area contributed by atoms with Gasteiger partial charge in [0.25, 0.3) is 0 Å². The number of halogens is 1. The summed E-state index contributed by atoms with van der Waals surface area (Å²) in [4.78, 5) is 18.3. The van der Waals surface area contributed by atoms with E-state index in [1.807, 2.05) is 44.1 Å². The number of anilines is 1. The second kappa shape index (κ2) is 4.76. The molecule has 0 saturated heterocycles. The molecule has 0 saturated carbocycles. The number of rotatable bonds is 2. The van der Waals surface area contributed by atoms with Gasteiger partial charge in [-0.2, -0.15) is 0 Å². The molecule has 0 unspecified atom stereocenters. The highest BCUT2D eigenvalue weighted by Crippen LogP contribution is 2.27. The minimum atomic E-state index is 0.604. The molecule has 20 heavy (non-hydrogen) atoms. The minimum Gasteiger partial charge on any atom is -0.362 e. The van der Waals surface area contributed by atoms with Crippen molar-refractivity contribution >= 4 is 28.6 Å². The van der Waals surface area contributed by atoms with Crippen molar-refractivity contribution in [2.45, 2.75) is 6.92 Å². The fourth-order valence-corrected chi connectivity index (χ4v) is 2.41. The van der Waals surface area contributed by atoms with Crippen LogP contribution in [0.4, 0.5) is 5.82 Å². The molecule has 0 spiro atoms. The first kappa shape index (κ1) is 12.9. The predicted molar refractivity (Wildman–Crippen MR) is 81.2 cm³/mol. The highest BCUT2D eigenvalue weighted by Gasteiger charge is 2.09. The number of fused-ring (bicyclic) bond motifs is 1. The van der Waals surface area contributed by atoms with Crippen LogP contribution in [-0.4, -0.2) is 34.0 Å². The zero-order valence-electron chi connectivity index (χ0n) is 11.5. The van der Waals surface area contributed by atoms with Crippen molar-refractivity contribution in [1.29, 1.82) is 0 Å². The van der Waals surface area contributed by atoms with Crippen LogP contribution in [-0.2, 0) is 0 Å². The van der Waals surface area contributed by atoms with Crippen LogP contribution in [0.3, 0.4) is 0 Å². The van der Waals surface area contributed by atoms with Gasteiger partial charge < -0.3 is 9.88 Å². The normalized spacial score (nSPS) is 11.0. The molecule has 0 aliphatic heterocycles. The zero-order chi connectivity index (χ0) is 14.3. The molecular weight excluding hydrogens is 274 g/mol. The second-order valence-electron chi connectivity index (χ2n) is 4.81. The number of imidazole rings is 1. The topological polar surface area (TPSA) is 57.7 Å². The number of pyridine rings is 2. The lowest BCUT2D eigenvalue weighted by molar-refractivity contribution is 1.07. The molecule has 0 bridgehead atoms. The van der Waals surface area contributed by atoms with E-state index < -0.39 is 0 Å². The monoisotopic (exact) mass is 287 g/mol. The molecular formula is C14H14ClN5. The Bertz CT molecular complexity index is 778. The van der Waals surface area contributed by atoms with Gasteiger partial charge in [-0.1, -0.05) is 11.6 Å². The van der Waals surface area contributed by atoms with Crippen LogP contribution in [0.2, 0.25) is 5.02 Å². The molecule has 3 aromatic heterocycles. The van der Waals surface area contributed by atoms with Crippen molar-refractivity contribution in [3.05, 3.63) is 35.2 Å². The number of nitrogens with zero attached hydrogens (tertiary/aromatic N) is 4. The number of aromatic amines is 1. The summed E-state index contributed by atoms with van der Waals surface area (Å²) in [6.45, 7) is 1.91. The van der Waals surface area contributed by atoms with Crippen molar-refractivity contribution in [1.82, 2.24) is 19.9 Å². The summed E-state index contributed by atoms with van der Waals surface area (Å²) < 4.78 is 0. The average molecular weight is 288 g/mol. The summed E-state index contributed by atoms with van der Waals surface area (Å²) >= 11 is 6.24. The van der Waals surface area contributed by atoms with Crippen LogP contribution in [0.1, 0.15) is 5.82 Å². The van der Waals surface area contributed by atoms with Gasteiger partial charge in [-0.15, -0.1) is 0 Å². The van der Waals surface area contributed by atoms with Crippen LogP contribution >= 0.6 is 11.6 Å². The third-order valence-electron chi connectivity index (χ3n) is 3.01. The summed E-state index contributed by atoms with van der Waals surface area (Å²) in [5.74, 6) is 1.59. The van der Waals surface area contributed by atoms with Crippen molar-refractivity contribution in [3.8, 4) is 11.3 Å². The first-order chi connectivity index (χ1) is 9.54. The van der Waals surface area contributed by atoms with Crippen molar-refractivity contribution in [2.24, 2.45) is 0 Å². The largest absolute Gasteiger partial charge is 0.362 e. The van der Waals surface area contributed by atoms with E-state index in [2.05, 4.69) is 19.9 Å². The Morgan fingerprint density at radius 2 is 2.00 bits per heavy atom. The van der Waals surface area contributed by atoms with E-state index in [0.29, 0.717) is 10.7 Å². The maximum Gasteiger partial charge on any atom is 0.178 e. The number of hydrogen-bond donors (Lipinski definition) is 1. The van der Waals surface area contributed by atoms with E-state index in [0.717, 1.165) is 28.4 Å². The Labute approximate surface area is 121 Å². The van der Waals surface area contributed by atoms with Gasteiger partial charge in [0.2, 0.25) is 0 Å². The molecule has 0 amide bonds. The van der Waals surface area contributed by atoms with Gasteiger partial charge in [0.05, 0.1) is 16.2 Å². The smallest absolute Gasteiger partial charge is 0.178 e. The van der Waals surface area contributed by atoms with Crippen molar-refractivity contribution in [3.63, 3.8) is 0 Å². The SMILES string of the molecule is Cc1nc2nc(-c3cnc(N(C)C)c(Cl)c3)ccc2[nH]1. The summed E-state index contributed by atoms with van der Waals surface area (Å²) in [5.41, 5.74) is 3.31. The number of nitrogens with one attached hydrogen (secondary N) is 1. The molecule has 0 fully saturated rings. The van der Waals surface area contributed by atoms with E-state index >= 15 is 0 Å². The summed E-state index contributed by atoms with van der Waals surface area (Å²) in [5, 5.41) is 0.604. The summed E-state index contributed by atoms with van der Waals surface area (Å²) in [6.07, 6.45) is 1.77. The number of aromatic nitrogens is 4. The van der Waals surface area contributed by atoms with Crippen LogP contribution in [0.25, 0.3) is 22.4 Å². The highest BCUT2D eigenvalue weighted by atomic mass is 35.5. The van der Waals surface area contributed by atoms with E-state index in [1.54, 1.807) is 6.20 Å². The maximum atomic E-state index is 6.24. The zero-order valence-corrected chi connectivity index (χ0v) is 12.2. The maximum absolute atomic E-state index is 6.24. The Morgan fingerprint density at radius 1 is 1.20 bits per heavy atom. The fourth-order valence-electron chi connectivity index (χ4n) is 2.07. The molecule has 3 aromatic rings. The molecule has 3 heterocycles. The Hall–Kier alpha value is -2.14. The average Bonchev–Trinajstić information content (AvgIpc) is 2.77. The van der Waals surface area contributed by atoms with Crippen LogP contribution < -0.4 is 4.90 Å². The van der Waals surface area contributed by atoms with Gasteiger partial charge in [0.15, 0.2) is 5.65 Å². The van der Waals surface area contributed by atoms with Gasteiger partial charge in [-0.3, -0.25) is 0 Å². The lowest BCUT2D eigenvalue weighted by Crippen LogP contribution is -2.11. The number of hydrogen-bond acceptors (Lipinski definition) is 4. The number of aryl methyl sites for hydroxylation is 1. The molecule has 6 heteroatoms. The third kappa shape index (κ3) is 2.20. The van der Waals surface area contributed by atoms with Gasteiger partial charge in [-0.05, 0) is 25.1 Å². The van der Waals surface area contributed by atoms with Gasteiger partial charge in [0.1, 0.15) is 11.6 Å². The van der Waals surface area contributed by atoms with E-state index in [4.69, 9.17) is 11.6 Å². The van der Waals surface area contributed by atoms with Crippen LogP contribution in [0, 0.1) is 6.92 Å². The lowest BCUT2D eigenvalue weighted by Gasteiger charge is -2.13. The summed E-state index contributed by atoms with van der Waals surface area (Å²) in [6, 6.07) is 5.77. The predicted octanol–water partition coefficient (Wildman–Crippen LogP) is 3.05. The Morgan fingerprint density at radius 3 is 2.70 bits per heavy atom. The van der Waals surface area contributed by atoms with E-state index in [1.165, 1.54) is 0 Å². The molecule has 0 radical (unpaired) electrons. The van der Waals surface area contributed by atoms with E-state index in [-0.39, 0.29) is 0 Å². The molecule has 5 nitrogen and oxygen atoms in total. The third-order valence-corrected chi connectivity index (χ3v) is 3.28. The first-order valence-electron chi connectivity index (χ1n) is 6.21. The molecule has 0 aromatic carbocycles. The lowest BCUT2D eigenvalue weighted by atomic mass is 10.2. The van der Waals surface area contributed by atoms with Crippen LogP contribution in [0.5, 0.6) is 0 Å². The molecule has 1 N–H and O–H groups in total. The number of H-pyrrole nitrogens is 1. The molecule has 0 atom stereocenters. The van der Waals surface area contributed by atoms with Crippen molar-refractivity contribution in [2.75, 3.05) is 19.0 Å².